The fourth-order valence-corrected chi connectivity index (χ4v) is 15.1. The lowest BCUT2D eigenvalue weighted by Crippen LogP contribution is -2.67. The molecule has 9 aliphatic rings. The number of fused-ring (bicyclic) bond motifs is 7. The lowest BCUT2D eigenvalue weighted by molar-refractivity contribution is -0.396. The third kappa shape index (κ3) is 10.2. The van der Waals surface area contributed by atoms with Gasteiger partial charge in [0.2, 0.25) is 0 Å². The summed E-state index contributed by atoms with van der Waals surface area (Å²) in [6.45, 7) is 10.9. The van der Waals surface area contributed by atoms with Crippen LogP contribution in [0.3, 0.4) is 0 Å². The van der Waals surface area contributed by atoms with Crippen LogP contribution in [0.25, 0.3) is 0 Å². The third-order valence-corrected chi connectivity index (χ3v) is 19.4. The van der Waals surface area contributed by atoms with E-state index in [-0.39, 0.29) is 41.3 Å². The average molecular weight is 1050 g/mol. The zero-order chi connectivity index (χ0) is 52.7. The van der Waals surface area contributed by atoms with Crippen LogP contribution in [0.4, 0.5) is 0 Å². The standard InChI is InChI=1S/C51H84O22/c1-19(18-65-46-41(62)40(61)36(57)31(16-52)70-46)7-10-28-20(2)33-30(68-28)14-26-24-9-8-23-13-29(27(54)15-51(23,6)25(24)11-12-50(26,33)5)69-49-45(73-48-43(64)39(60)35(56)22(4)67-48)44(37(58)32(17-53)71-49)72-47-42(63)38(59)34(55)21(3)66-47/h19,21-27,29-49,52-64H,7-18H2,1-6H3/t19-,21+,22+,23+,24-,25+,26+,27-,29-,30+,31-,32-,33+,34+,35+,36-,37-,38-,39-,40+,41-,42-,43-,44+,45-,46-,47-,48-,49-,50+,51+/m1/s1. The number of allylic oxidation sites excluding steroid dienone is 1. The monoisotopic (exact) mass is 1050 g/mol. The molecule has 0 radical (unpaired) electrons. The Morgan fingerprint density at radius 1 is 0.603 bits per heavy atom. The van der Waals surface area contributed by atoms with Crippen LogP contribution in [-0.4, -0.2) is 227 Å². The van der Waals surface area contributed by atoms with Crippen molar-refractivity contribution in [3.63, 3.8) is 0 Å². The lowest BCUT2D eigenvalue weighted by atomic mass is 9.44. The first-order valence-electron chi connectivity index (χ1n) is 26.8. The highest BCUT2D eigenvalue weighted by molar-refractivity contribution is 5.27. The molecular weight excluding hydrogens is 965 g/mol. The molecule has 4 aliphatic carbocycles. The second-order valence-corrected chi connectivity index (χ2v) is 23.8. The largest absolute Gasteiger partial charge is 0.494 e. The summed E-state index contributed by atoms with van der Waals surface area (Å²) >= 11 is 0. The van der Waals surface area contributed by atoms with Gasteiger partial charge in [-0.05, 0) is 118 Å². The first-order chi connectivity index (χ1) is 34.5. The molecule has 0 unspecified atom stereocenters. The molecule has 0 bridgehead atoms. The van der Waals surface area contributed by atoms with E-state index >= 15 is 0 Å². The van der Waals surface area contributed by atoms with E-state index in [0.29, 0.717) is 37.0 Å². The molecule has 13 N–H and O–H groups in total. The number of aliphatic hydroxyl groups excluding tert-OH is 13. The van der Waals surface area contributed by atoms with Gasteiger partial charge in [0.05, 0.1) is 50.0 Å². The molecule has 31 atom stereocenters. The van der Waals surface area contributed by atoms with E-state index in [9.17, 15) is 66.4 Å². The fraction of sp³-hybridized carbons (Fsp3) is 0.961. The zero-order valence-corrected chi connectivity index (χ0v) is 42.7. The molecule has 420 valence electrons. The van der Waals surface area contributed by atoms with Crippen molar-refractivity contribution >= 4 is 0 Å². The summed E-state index contributed by atoms with van der Waals surface area (Å²) < 4.78 is 54.9. The Balaban J connectivity index is 0.862. The molecule has 5 aliphatic heterocycles. The van der Waals surface area contributed by atoms with E-state index in [2.05, 4.69) is 20.8 Å². The van der Waals surface area contributed by atoms with Crippen LogP contribution in [0, 0.1) is 46.3 Å². The molecule has 73 heavy (non-hydrogen) atoms. The quantitative estimate of drug-likeness (QED) is 0.0839. The predicted molar refractivity (Wildman–Crippen MR) is 249 cm³/mol. The summed E-state index contributed by atoms with van der Waals surface area (Å²) in [5.41, 5.74) is 1.07. The van der Waals surface area contributed by atoms with Crippen LogP contribution in [0.1, 0.15) is 99.3 Å². The van der Waals surface area contributed by atoms with Crippen molar-refractivity contribution in [3.8, 4) is 0 Å². The highest BCUT2D eigenvalue weighted by atomic mass is 16.8. The second-order valence-electron chi connectivity index (χ2n) is 23.8. The third-order valence-electron chi connectivity index (χ3n) is 19.4. The van der Waals surface area contributed by atoms with E-state index in [1.807, 2.05) is 6.92 Å². The molecule has 22 nitrogen and oxygen atoms in total. The van der Waals surface area contributed by atoms with Crippen molar-refractivity contribution in [1.29, 1.82) is 0 Å². The van der Waals surface area contributed by atoms with Gasteiger partial charge in [-0.25, -0.2) is 0 Å². The molecule has 0 aromatic heterocycles. The zero-order valence-electron chi connectivity index (χ0n) is 42.7. The number of rotatable bonds is 14. The van der Waals surface area contributed by atoms with Crippen LogP contribution < -0.4 is 0 Å². The van der Waals surface area contributed by atoms with Crippen LogP contribution in [0.5, 0.6) is 0 Å². The molecular formula is C51H84O22. The van der Waals surface area contributed by atoms with Gasteiger partial charge < -0.3 is 109 Å². The van der Waals surface area contributed by atoms with Crippen molar-refractivity contribution < 1.29 is 109 Å². The van der Waals surface area contributed by atoms with Crippen molar-refractivity contribution in [2.24, 2.45) is 46.3 Å². The average Bonchev–Trinajstić information content (AvgIpc) is 3.85. The molecule has 4 saturated heterocycles. The molecule has 22 heteroatoms. The van der Waals surface area contributed by atoms with Crippen LogP contribution in [0.15, 0.2) is 11.3 Å². The van der Waals surface area contributed by atoms with Crippen molar-refractivity contribution in [2.75, 3.05) is 19.8 Å². The topological polar surface area (TPSA) is 346 Å². The highest BCUT2D eigenvalue weighted by Crippen LogP contribution is 2.70. The van der Waals surface area contributed by atoms with Gasteiger partial charge >= 0.3 is 0 Å². The number of hydrogen-bond acceptors (Lipinski definition) is 22. The van der Waals surface area contributed by atoms with Gasteiger partial charge in [0.15, 0.2) is 25.2 Å². The van der Waals surface area contributed by atoms with Crippen molar-refractivity contribution in [3.05, 3.63) is 11.3 Å². The molecule has 0 aromatic carbocycles. The van der Waals surface area contributed by atoms with Gasteiger partial charge in [-0.3, -0.25) is 0 Å². The van der Waals surface area contributed by atoms with Gasteiger partial charge in [0.1, 0.15) is 91.6 Å². The summed E-state index contributed by atoms with van der Waals surface area (Å²) in [6, 6.07) is 0. The van der Waals surface area contributed by atoms with E-state index in [0.717, 1.165) is 44.3 Å². The maximum Gasteiger partial charge on any atom is 0.187 e. The molecule has 0 aromatic rings. The molecule has 0 amide bonds. The summed E-state index contributed by atoms with van der Waals surface area (Å²) in [6.07, 6.45) is -24.2. The Kier molecular flexibility index (Phi) is 17.1. The molecule has 9 rings (SSSR count). The van der Waals surface area contributed by atoms with Gasteiger partial charge in [-0.2, -0.15) is 0 Å². The maximum atomic E-state index is 12.2. The van der Waals surface area contributed by atoms with Gasteiger partial charge in [-0.15, -0.1) is 0 Å². The minimum Gasteiger partial charge on any atom is -0.494 e. The Morgan fingerprint density at radius 3 is 1.81 bits per heavy atom. The SMILES string of the molecule is CC1=C(CC[C@@H](C)CO[C@@H]2O[C@H](CO)[C@@H](O)[C@H](O)[C@H]2O)O[C@H]2C[C@H]3[C@@H]4CC[C@H]5C[C@@H](O[C@@H]6O[C@H](CO)[C@@H](O)[C@H](O[C@H]7O[C@@H](C)[C@H](O)[C@@H](O)[C@H]7O)[C@H]6O[C@H]6O[C@@H](C)[C@H](O)[C@@H](O)[C@H]6O)[C@H](O)C[C@]5(C)[C@H]4CC[C@]3(C)[C@@H]12. The Morgan fingerprint density at radius 2 is 1.18 bits per heavy atom. The van der Waals surface area contributed by atoms with E-state index in [1.54, 1.807) is 0 Å². The first kappa shape index (κ1) is 56.4. The summed E-state index contributed by atoms with van der Waals surface area (Å²) in [5, 5.41) is 139. The number of hydrogen-bond donors (Lipinski definition) is 13. The molecule has 0 spiro atoms. The first-order valence-corrected chi connectivity index (χ1v) is 26.8. The second kappa shape index (κ2) is 22.1. The van der Waals surface area contributed by atoms with E-state index in [4.69, 9.17) is 42.6 Å². The smallest absolute Gasteiger partial charge is 0.187 e. The molecule has 8 fully saturated rings. The van der Waals surface area contributed by atoms with E-state index < -0.39 is 148 Å². The summed E-state index contributed by atoms with van der Waals surface area (Å²) in [5.74, 6) is 2.64. The van der Waals surface area contributed by atoms with Crippen LogP contribution >= 0.6 is 0 Å². The molecule has 5 heterocycles. The fourth-order valence-electron chi connectivity index (χ4n) is 15.1. The van der Waals surface area contributed by atoms with Gasteiger partial charge in [0.25, 0.3) is 0 Å². The summed E-state index contributed by atoms with van der Waals surface area (Å²) in [4.78, 5) is 0. The Hall–Kier alpha value is -1.30. The van der Waals surface area contributed by atoms with E-state index in [1.165, 1.54) is 19.4 Å². The number of ether oxygens (including phenoxy) is 9. The van der Waals surface area contributed by atoms with Crippen molar-refractivity contribution in [2.45, 2.75) is 240 Å². The Labute approximate surface area is 426 Å². The lowest BCUT2D eigenvalue weighted by Gasteiger charge is -2.61. The van der Waals surface area contributed by atoms with Gasteiger partial charge in [-0.1, -0.05) is 20.8 Å². The van der Waals surface area contributed by atoms with Crippen LogP contribution in [-0.2, 0) is 42.6 Å². The highest BCUT2D eigenvalue weighted by Gasteiger charge is 2.66. The molecule has 4 saturated carbocycles. The minimum atomic E-state index is -1.80. The normalized spacial score (nSPS) is 54.5. The Bertz CT molecular complexity index is 1900. The number of aliphatic hydroxyl groups is 13. The minimum absolute atomic E-state index is 0.0214. The predicted octanol–water partition coefficient (Wildman–Crippen LogP) is -1.98. The maximum absolute atomic E-state index is 12.2. The van der Waals surface area contributed by atoms with Crippen molar-refractivity contribution in [1.82, 2.24) is 0 Å². The van der Waals surface area contributed by atoms with Gasteiger partial charge in [0, 0.05) is 12.3 Å². The van der Waals surface area contributed by atoms with Crippen LogP contribution in [0.2, 0.25) is 0 Å². The summed E-state index contributed by atoms with van der Waals surface area (Å²) in [7, 11) is 0.